The van der Waals surface area contributed by atoms with Gasteiger partial charge in [-0.15, -0.1) is 0 Å². The van der Waals surface area contributed by atoms with Gasteiger partial charge >= 0.3 is 0 Å². The number of imide groups is 2. The molecule has 0 radical (unpaired) electrons. The molecule has 1 atom stereocenters. The number of para-hydroxylation sites is 1. The third kappa shape index (κ3) is 7.51. The molecule has 58 heavy (non-hydrogen) atoms. The Morgan fingerprint density at radius 1 is 0.879 bits per heavy atom. The second-order valence-electron chi connectivity index (χ2n) is 15.9. The van der Waals surface area contributed by atoms with E-state index in [0.717, 1.165) is 95.4 Å². The second-order valence-corrected chi connectivity index (χ2v) is 15.9. The van der Waals surface area contributed by atoms with E-state index in [1.165, 1.54) is 11.1 Å². The first-order valence-corrected chi connectivity index (χ1v) is 20.3. The Balaban J connectivity index is 0.880. The molecule has 0 spiro atoms. The summed E-state index contributed by atoms with van der Waals surface area (Å²) in [5.74, 6) is -0.232. The van der Waals surface area contributed by atoms with Gasteiger partial charge in [0.2, 0.25) is 17.8 Å². The van der Waals surface area contributed by atoms with Crippen molar-refractivity contribution in [2.45, 2.75) is 85.4 Å². The summed E-state index contributed by atoms with van der Waals surface area (Å²) in [6.07, 6.45) is 4.95. The van der Waals surface area contributed by atoms with Gasteiger partial charge in [-0.05, 0) is 118 Å². The first kappa shape index (κ1) is 38.7. The van der Waals surface area contributed by atoms with Crippen molar-refractivity contribution >= 4 is 63.5 Å². The van der Waals surface area contributed by atoms with Crippen molar-refractivity contribution in [1.29, 1.82) is 0 Å². The van der Waals surface area contributed by atoms with Crippen LogP contribution in [-0.2, 0) is 22.6 Å². The third-order valence-electron chi connectivity index (χ3n) is 11.7. The first-order chi connectivity index (χ1) is 28.0. The van der Waals surface area contributed by atoms with Crippen LogP contribution < -0.4 is 26.2 Å². The number of carbonyl (C=O) groups excluding carboxylic acids is 4. The number of anilines is 5. The Hall–Kier alpha value is -6.15. The number of aromatic nitrogens is 4. The first-order valence-electron chi connectivity index (χ1n) is 20.3. The number of benzene rings is 3. The molecule has 0 saturated carbocycles. The summed E-state index contributed by atoms with van der Waals surface area (Å²) in [5, 5.41) is 18.7. The molecule has 14 nitrogen and oxygen atoms in total. The lowest BCUT2D eigenvalue weighted by molar-refractivity contribution is -0.136. The van der Waals surface area contributed by atoms with Crippen LogP contribution in [0.4, 0.5) is 28.8 Å². The minimum absolute atomic E-state index is 0.0938. The van der Waals surface area contributed by atoms with Crippen LogP contribution in [0.25, 0.3) is 11.0 Å². The van der Waals surface area contributed by atoms with E-state index in [0.29, 0.717) is 23.0 Å². The molecule has 4 N–H and O–H groups in total. The van der Waals surface area contributed by atoms with Gasteiger partial charge in [0.1, 0.15) is 6.04 Å². The van der Waals surface area contributed by atoms with Crippen molar-refractivity contribution in [3.8, 4) is 0 Å². The van der Waals surface area contributed by atoms with Gasteiger partial charge in [0.05, 0.1) is 16.5 Å². The van der Waals surface area contributed by atoms with Crippen LogP contribution in [-0.4, -0.2) is 74.0 Å². The zero-order valence-corrected chi connectivity index (χ0v) is 33.7. The van der Waals surface area contributed by atoms with E-state index in [1.807, 2.05) is 16.9 Å². The highest BCUT2D eigenvalue weighted by molar-refractivity contribution is 6.23. The van der Waals surface area contributed by atoms with E-state index in [2.05, 4.69) is 97.2 Å². The Morgan fingerprint density at radius 2 is 1.64 bits per heavy atom. The Bertz CT molecular complexity index is 2410. The zero-order chi connectivity index (χ0) is 40.7. The molecule has 0 aliphatic carbocycles. The lowest BCUT2D eigenvalue weighted by atomic mass is 9.95. The molecule has 4 amide bonds. The third-order valence-corrected chi connectivity index (χ3v) is 11.7. The molecule has 2 aromatic heterocycles. The number of rotatable bonds is 12. The predicted molar refractivity (Wildman–Crippen MR) is 224 cm³/mol. The largest absolute Gasteiger partial charge is 0.371 e. The number of aryl methyl sites for hydroxylation is 3. The summed E-state index contributed by atoms with van der Waals surface area (Å²) >= 11 is 0. The molecule has 5 heterocycles. The summed E-state index contributed by atoms with van der Waals surface area (Å²) in [4.78, 5) is 63.5. The van der Waals surface area contributed by atoms with E-state index < -0.39 is 23.8 Å². The molecule has 3 aliphatic heterocycles. The molecule has 2 fully saturated rings. The zero-order valence-electron chi connectivity index (χ0n) is 33.7. The van der Waals surface area contributed by atoms with Gasteiger partial charge < -0.3 is 20.9 Å². The molecule has 2 saturated heterocycles. The molecule has 300 valence electrons. The highest BCUT2D eigenvalue weighted by atomic mass is 16.2. The van der Waals surface area contributed by atoms with Crippen LogP contribution in [0.5, 0.6) is 0 Å². The topological polar surface area (TPSA) is 166 Å². The van der Waals surface area contributed by atoms with Crippen molar-refractivity contribution in [1.82, 2.24) is 35.3 Å². The number of hydrogen-bond donors (Lipinski definition) is 4. The average molecular weight is 783 g/mol. The average Bonchev–Trinajstić information content (AvgIpc) is 3.69. The molecule has 0 bridgehead atoms. The van der Waals surface area contributed by atoms with Crippen LogP contribution in [0, 0.1) is 19.8 Å². The van der Waals surface area contributed by atoms with Crippen molar-refractivity contribution in [3.63, 3.8) is 0 Å². The highest BCUT2D eigenvalue weighted by Crippen LogP contribution is 2.33. The minimum Gasteiger partial charge on any atom is -0.371 e. The Kier molecular flexibility index (Phi) is 10.7. The van der Waals surface area contributed by atoms with E-state index in [-0.39, 0.29) is 24.8 Å². The van der Waals surface area contributed by atoms with Crippen molar-refractivity contribution < 1.29 is 19.2 Å². The number of hydrogen-bond acceptors (Lipinski definition) is 11. The fourth-order valence-electron chi connectivity index (χ4n) is 8.37. The minimum atomic E-state index is -0.972. The Morgan fingerprint density at radius 3 is 2.36 bits per heavy atom. The van der Waals surface area contributed by atoms with Crippen molar-refractivity contribution in [3.05, 3.63) is 94.2 Å². The lowest BCUT2D eigenvalue weighted by Crippen LogP contribution is -2.54. The summed E-state index contributed by atoms with van der Waals surface area (Å²) in [6.45, 7) is 13.8. The number of amides is 4. The van der Waals surface area contributed by atoms with E-state index in [9.17, 15) is 19.2 Å². The summed E-state index contributed by atoms with van der Waals surface area (Å²) in [6, 6.07) is 17.1. The number of fused-ring (bicyclic) bond motifs is 2. The Labute approximate surface area is 337 Å². The van der Waals surface area contributed by atoms with E-state index in [1.54, 1.807) is 12.1 Å². The fraction of sp³-hybridized carbons (Fsp3) is 0.386. The smallest absolute Gasteiger partial charge is 0.262 e. The van der Waals surface area contributed by atoms with Crippen LogP contribution in [0.3, 0.4) is 0 Å². The molecule has 3 aliphatic rings. The fourth-order valence-corrected chi connectivity index (χ4v) is 8.37. The predicted octanol–water partition coefficient (Wildman–Crippen LogP) is 6.48. The number of carbonyl (C=O) groups is 4. The molecule has 3 aromatic carbocycles. The molecular weight excluding hydrogens is 733 g/mol. The molecule has 5 aromatic rings. The standard InChI is InChI=1S/C44H50N10O4/c1-6-29-10-11-31(47-44-46-24-35-39(51-54(25(2)3)40(35)50-44)49-38-26(4)8-7-9-27(38)5)20-30(29)23-45-22-28-16-18-52(19-17-28)32-12-13-33-34(21-32)43(58)53(42(33)57)36-14-15-37(55)48-41(36)56/h7-13,20-21,24-25,28,36,45H,6,14-19,22-23H2,1-5H3,(H,49,51)(H,46,47,50)(H,48,55,56). The van der Waals surface area contributed by atoms with E-state index in [4.69, 9.17) is 15.1 Å². The van der Waals surface area contributed by atoms with Gasteiger partial charge in [-0.3, -0.25) is 29.4 Å². The van der Waals surface area contributed by atoms with Gasteiger partial charge in [-0.25, -0.2) is 9.67 Å². The summed E-state index contributed by atoms with van der Waals surface area (Å²) in [7, 11) is 0. The summed E-state index contributed by atoms with van der Waals surface area (Å²) < 4.78 is 1.94. The monoisotopic (exact) mass is 782 g/mol. The van der Waals surface area contributed by atoms with Crippen LogP contribution in [0.1, 0.15) is 95.5 Å². The van der Waals surface area contributed by atoms with Crippen molar-refractivity contribution in [2.24, 2.45) is 5.92 Å². The molecule has 1 unspecified atom stereocenters. The maximum absolute atomic E-state index is 13.4. The lowest BCUT2D eigenvalue weighted by Gasteiger charge is -2.34. The normalized spacial score (nSPS) is 17.4. The SMILES string of the molecule is CCc1ccc(Nc2ncc3c(Nc4c(C)cccc4C)nn(C(C)C)c3n2)cc1CNCC1CCN(c2ccc3c(c2)C(=O)N(C2CCC(=O)NC2=O)C3=O)CC1. The van der Waals surface area contributed by atoms with Gasteiger partial charge in [0.15, 0.2) is 11.5 Å². The second kappa shape index (κ2) is 16.0. The maximum Gasteiger partial charge on any atom is 0.262 e. The maximum atomic E-state index is 13.4. The number of piperidine rings is 2. The highest BCUT2D eigenvalue weighted by Gasteiger charge is 2.44. The quantitative estimate of drug-likeness (QED) is 0.102. The number of nitrogens with zero attached hydrogens (tertiary/aromatic N) is 6. The van der Waals surface area contributed by atoms with Gasteiger partial charge in [0.25, 0.3) is 11.8 Å². The molecule has 8 rings (SSSR count). The van der Waals surface area contributed by atoms with Crippen LogP contribution >= 0.6 is 0 Å². The summed E-state index contributed by atoms with van der Waals surface area (Å²) in [5.41, 5.74) is 9.01. The number of nitrogens with one attached hydrogen (secondary N) is 4. The van der Waals surface area contributed by atoms with Gasteiger partial charge in [0, 0.05) is 55.4 Å². The van der Waals surface area contributed by atoms with Crippen LogP contribution in [0.15, 0.2) is 60.8 Å². The van der Waals surface area contributed by atoms with Crippen molar-refractivity contribution in [2.75, 3.05) is 35.2 Å². The van der Waals surface area contributed by atoms with Gasteiger partial charge in [-0.2, -0.15) is 10.1 Å². The van der Waals surface area contributed by atoms with Gasteiger partial charge in [-0.1, -0.05) is 31.2 Å². The van der Waals surface area contributed by atoms with Crippen LogP contribution in [0.2, 0.25) is 0 Å². The molecule has 14 heteroatoms. The molecular formula is C44H50N10O4. The van der Waals surface area contributed by atoms with E-state index >= 15 is 0 Å².